The van der Waals surface area contributed by atoms with Gasteiger partial charge in [0, 0.05) is 30.8 Å². The molecule has 1 aliphatic rings. The highest BCUT2D eigenvalue weighted by molar-refractivity contribution is 5.56. The second kappa shape index (κ2) is 5.98. The van der Waals surface area contributed by atoms with E-state index in [1.54, 1.807) is 12.1 Å². The van der Waals surface area contributed by atoms with Crippen LogP contribution in [0.25, 0.3) is 11.4 Å². The molecular formula is C13H14N4O4. The molecule has 0 radical (unpaired) electrons. The van der Waals surface area contributed by atoms with Crippen LogP contribution in [0.5, 0.6) is 0 Å². The largest absolute Gasteiger partial charge is 0.375 e. The lowest BCUT2D eigenvalue weighted by Gasteiger charge is -2.21. The van der Waals surface area contributed by atoms with E-state index in [0.717, 1.165) is 13.1 Å². The third-order valence-electron chi connectivity index (χ3n) is 3.21. The number of non-ortho nitro benzene ring substituents is 1. The summed E-state index contributed by atoms with van der Waals surface area (Å²) in [5.74, 6) is 0.917. The van der Waals surface area contributed by atoms with Crippen molar-refractivity contribution in [1.29, 1.82) is 0 Å². The van der Waals surface area contributed by atoms with Gasteiger partial charge in [0.2, 0.25) is 11.7 Å². The van der Waals surface area contributed by atoms with E-state index in [1.807, 2.05) is 0 Å². The van der Waals surface area contributed by atoms with E-state index in [1.165, 1.54) is 12.1 Å². The highest BCUT2D eigenvalue weighted by Crippen LogP contribution is 2.20. The number of ether oxygens (including phenoxy) is 1. The Kier molecular flexibility index (Phi) is 3.89. The predicted molar refractivity (Wildman–Crippen MR) is 72.7 cm³/mol. The standard InChI is InChI=1S/C13H14N4O4/c18-17(19)10-3-1-9(2-4-10)13-15-12(21-16-13)7-11-8-14-5-6-20-11/h1-4,11,14H,5-8H2. The van der Waals surface area contributed by atoms with Crippen molar-refractivity contribution < 1.29 is 14.2 Å². The summed E-state index contributed by atoms with van der Waals surface area (Å²) in [5, 5.41) is 17.7. The summed E-state index contributed by atoms with van der Waals surface area (Å²) >= 11 is 0. The van der Waals surface area contributed by atoms with Crippen LogP contribution >= 0.6 is 0 Å². The Morgan fingerprint density at radius 2 is 2.19 bits per heavy atom. The third kappa shape index (κ3) is 3.23. The fraction of sp³-hybridized carbons (Fsp3) is 0.385. The molecule has 110 valence electrons. The number of nitro benzene ring substituents is 1. The SMILES string of the molecule is O=[N+]([O-])c1ccc(-c2noc(CC3CNCCO3)n2)cc1. The minimum absolute atomic E-state index is 0.0314. The van der Waals surface area contributed by atoms with Crippen LogP contribution in [0.4, 0.5) is 5.69 Å². The summed E-state index contributed by atoms with van der Waals surface area (Å²) in [6.45, 7) is 2.29. The molecule has 1 aromatic carbocycles. The summed E-state index contributed by atoms with van der Waals surface area (Å²) in [7, 11) is 0. The average Bonchev–Trinajstić information content (AvgIpc) is 2.97. The number of morpholine rings is 1. The first-order chi connectivity index (χ1) is 10.2. The fourth-order valence-corrected chi connectivity index (χ4v) is 2.13. The van der Waals surface area contributed by atoms with Crippen LogP contribution in [0, 0.1) is 10.1 Å². The van der Waals surface area contributed by atoms with Crippen LogP contribution in [-0.2, 0) is 11.2 Å². The number of nitro groups is 1. The summed E-state index contributed by atoms with van der Waals surface area (Å²) in [4.78, 5) is 14.5. The zero-order valence-corrected chi connectivity index (χ0v) is 11.2. The molecule has 8 nitrogen and oxygen atoms in total. The van der Waals surface area contributed by atoms with Gasteiger partial charge in [0.15, 0.2) is 0 Å². The fourth-order valence-electron chi connectivity index (χ4n) is 2.13. The van der Waals surface area contributed by atoms with Crippen LogP contribution in [-0.4, -0.2) is 40.9 Å². The topological polar surface area (TPSA) is 103 Å². The lowest BCUT2D eigenvalue weighted by atomic mass is 10.2. The van der Waals surface area contributed by atoms with Gasteiger partial charge in [-0.1, -0.05) is 5.16 Å². The van der Waals surface area contributed by atoms with Crippen molar-refractivity contribution in [3.05, 3.63) is 40.3 Å². The van der Waals surface area contributed by atoms with Gasteiger partial charge in [-0.05, 0) is 12.1 Å². The van der Waals surface area contributed by atoms with Crippen molar-refractivity contribution in [3.63, 3.8) is 0 Å². The molecular weight excluding hydrogens is 276 g/mol. The molecule has 0 amide bonds. The first-order valence-electron chi connectivity index (χ1n) is 6.62. The van der Waals surface area contributed by atoms with Crippen LogP contribution in [0.1, 0.15) is 5.89 Å². The molecule has 1 fully saturated rings. The molecule has 1 atom stereocenters. The van der Waals surface area contributed by atoms with Gasteiger partial charge in [-0.3, -0.25) is 10.1 Å². The summed E-state index contributed by atoms with van der Waals surface area (Å²) in [5.41, 5.74) is 0.711. The zero-order valence-electron chi connectivity index (χ0n) is 11.2. The van der Waals surface area contributed by atoms with Crippen molar-refractivity contribution in [2.75, 3.05) is 19.7 Å². The molecule has 1 saturated heterocycles. The Morgan fingerprint density at radius 1 is 1.38 bits per heavy atom. The summed E-state index contributed by atoms with van der Waals surface area (Å²) < 4.78 is 10.8. The maximum absolute atomic E-state index is 10.6. The monoisotopic (exact) mass is 290 g/mol. The van der Waals surface area contributed by atoms with E-state index in [-0.39, 0.29) is 11.8 Å². The Morgan fingerprint density at radius 3 is 2.86 bits per heavy atom. The second-order valence-electron chi connectivity index (χ2n) is 4.72. The van der Waals surface area contributed by atoms with Crippen molar-refractivity contribution in [1.82, 2.24) is 15.5 Å². The number of nitrogens with zero attached hydrogens (tertiary/aromatic N) is 3. The van der Waals surface area contributed by atoms with Crippen LogP contribution in [0.2, 0.25) is 0 Å². The minimum atomic E-state index is -0.446. The van der Waals surface area contributed by atoms with Gasteiger partial charge in [-0.25, -0.2) is 0 Å². The van der Waals surface area contributed by atoms with Crippen molar-refractivity contribution in [2.24, 2.45) is 0 Å². The molecule has 1 aromatic heterocycles. The molecule has 3 rings (SSSR count). The van der Waals surface area contributed by atoms with E-state index in [9.17, 15) is 10.1 Å². The third-order valence-corrected chi connectivity index (χ3v) is 3.21. The zero-order chi connectivity index (χ0) is 14.7. The minimum Gasteiger partial charge on any atom is -0.375 e. The first-order valence-corrected chi connectivity index (χ1v) is 6.62. The van der Waals surface area contributed by atoms with E-state index in [4.69, 9.17) is 9.26 Å². The smallest absolute Gasteiger partial charge is 0.269 e. The Bertz CT molecular complexity index is 619. The average molecular weight is 290 g/mol. The van der Waals surface area contributed by atoms with Gasteiger partial charge in [-0.2, -0.15) is 4.98 Å². The molecule has 0 aliphatic carbocycles. The number of rotatable bonds is 4. The molecule has 8 heteroatoms. The molecule has 1 N–H and O–H groups in total. The van der Waals surface area contributed by atoms with Gasteiger partial charge < -0.3 is 14.6 Å². The highest BCUT2D eigenvalue weighted by atomic mass is 16.6. The van der Waals surface area contributed by atoms with Gasteiger partial charge in [0.25, 0.3) is 5.69 Å². The summed E-state index contributed by atoms with van der Waals surface area (Å²) in [6.07, 6.45) is 0.580. The highest BCUT2D eigenvalue weighted by Gasteiger charge is 2.18. The number of aromatic nitrogens is 2. The predicted octanol–water partition coefficient (Wildman–Crippen LogP) is 1.18. The maximum atomic E-state index is 10.6. The number of hydrogen-bond acceptors (Lipinski definition) is 7. The molecule has 0 spiro atoms. The molecule has 1 unspecified atom stereocenters. The lowest BCUT2D eigenvalue weighted by molar-refractivity contribution is -0.384. The summed E-state index contributed by atoms with van der Waals surface area (Å²) in [6, 6.07) is 6.04. The molecule has 21 heavy (non-hydrogen) atoms. The first kappa shape index (κ1) is 13.7. The van der Waals surface area contributed by atoms with Gasteiger partial charge in [0.05, 0.1) is 24.1 Å². The Hall–Kier alpha value is -2.32. The van der Waals surface area contributed by atoms with Crippen molar-refractivity contribution in [2.45, 2.75) is 12.5 Å². The van der Waals surface area contributed by atoms with Crippen LogP contribution in [0.15, 0.2) is 28.8 Å². The van der Waals surface area contributed by atoms with Gasteiger partial charge in [-0.15, -0.1) is 0 Å². The van der Waals surface area contributed by atoms with E-state index in [0.29, 0.717) is 30.3 Å². The van der Waals surface area contributed by atoms with Crippen LogP contribution < -0.4 is 5.32 Å². The van der Waals surface area contributed by atoms with E-state index < -0.39 is 4.92 Å². The second-order valence-corrected chi connectivity index (χ2v) is 4.72. The molecule has 2 heterocycles. The Labute approximate surface area is 120 Å². The molecule has 1 aliphatic heterocycles. The Balaban J connectivity index is 1.70. The molecule has 0 saturated carbocycles. The molecule has 2 aromatic rings. The number of hydrogen-bond donors (Lipinski definition) is 1. The number of nitrogens with one attached hydrogen (secondary N) is 1. The van der Waals surface area contributed by atoms with E-state index >= 15 is 0 Å². The van der Waals surface area contributed by atoms with Crippen molar-refractivity contribution in [3.8, 4) is 11.4 Å². The number of benzene rings is 1. The van der Waals surface area contributed by atoms with Crippen molar-refractivity contribution >= 4 is 5.69 Å². The van der Waals surface area contributed by atoms with Gasteiger partial charge in [0.1, 0.15) is 0 Å². The normalized spacial score (nSPS) is 18.6. The van der Waals surface area contributed by atoms with E-state index in [2.05, 4.69) is 15.5 Å². The molecule has 0 bridgehead atoms. The quantitative estimate of drug-likeness (QED) is 0.666. The van der Waals surface area contributed by atoms with Gasteiger partial charge >= 0.3 is 0 Å². The van der Waals surface area contributed by atoms with Crippen LogP contribution in [0.3, 0.4) is 0 Å². The lowest BCUT2D eigenvalue weighted by Crippen LogP contribution is -2.39. The maximum Gasteiger partial charge on any atom is 0.269 e.